The lowest BCUT2D eigenvalue weighted by molar-refractivity contribution is 0.840. The lowest BCUT2D eigenvalue weighted by atomic mass is 10.2. The summed E-state index contributed by atoms with van der Waals surface area (Å²) in [6.45, 7) is 2.69. The maximum atomic E-state index is 4.04. The molecule has 3 heteroatoms. The molecule has 74 valence electrons. The Morgan fingerprint density at radius 3 is 3.00 bits per heavy atom. The quantitative estimate of drug-likeness (QED) is 0.651. The molecule has 0 atom stereocenters. The van der Waals surface area contributed by atoms with E-state index in [-0.39, 0.29) is 0 Å². The van der Waals surface area contributed by atoms with Crippen molar-refractivity contribution in [2.45, 2.75) is 13.5 Å². The van der Waals surface area contributed by atoms with E-state index in [1.54, 1.807) is 24.9 Å². The van der Waals surface area contributed by atoms with E-state index < -0.39 is 0 Å². The molecule has 2 rings (SSSR count). The standard InChI is InChI=1S/C12H11N3/c1-11-4-5-13-9-12(11)3-2-7-15-8-6-14-10-15/h4-6,8-10H,7H2,1H3. The van der Waals surface area contributed by atoms with Gasteiger partial charge >= 0.3 is 0 Å². The molecule has 0 amide bonds. The van der Waals surface area contributed by atoms with Crippen LogP contribution in [0.25, 0.3) is 0 Å². The monoisotopic (exact) mass is 197 g/mol. The number of hydrogen-bond donors (Lipinski definition) is 0. The van der Waals surface area contributed by atoms with Crippen molar-refractivity contribution in [3.63, 3.8) is 0 Å². The van der Waals surface area contributed by atoms with Crippen molar-refractivity contribution in [3.8, 4) is 11.8 Å². The van der Waals surface area contributed by atoms with Crippen LogP contribution in [0.4, 0.5) is 0 Å². The van der Waals surface area contributed by atoms with Crippen molar-refractivity contribution in [1.29, 1.82) is 0 Å². The van der Waals surface area contributed by atoms with Gasteiger partial charge in [-0.3, -0.25) is 4.98 Å². The molecule has 0 aliphatic carbocycles. The van der Waals surface area contributed by atoms with Crippen molar-refractivity contribution >= 4 is 0 Å². The molecule has 2 aromatic heterocycles. The highest BCUT2D eigenvalue weighted by molar-refractivity contribution is 5.37. The van der Waals surface area contributed by atoms with Crippen LogP contribution in [0, 0.1) is 18.8 Å². The van der Waals surface area contributed by atoms with Crippen LogP contribution in [0.15, 0.2) is 37.2 Å². The minimum absolute atomic E-state index is 0.661. The summed E-state index contributed by atoms with van der Waals surface area (Å²) >= 11 is 0. The molecule has 0 fully saturated rings. The summed E-state index contributed by atoms with van der Waals surface area (Å²) in [7, 11) is 0. The number of pyridine rings is 1. The molecule has 0 aliphatic rings. The van der Waals surface area contributed by atoms with E-state index >= 15 is 0 Å². The Morgan fingerprint density at radius 2 is 2.27 bits per heavy atom. The number of nitrogens with zero attached hydrogens (tertiary/aromatic N) is 3. The Kier molecular flexibility index (Phi) is 2.80. The lowest BCUT2D eigenvalue weighted by Crippen LogP contribution is -1.90. The van der Waals surface area contributed by atoms with E-state index in [0.717, 1.165) is 11.1 Å². The molecule has 0 spiro atoms. The number of rotatable bonds is 1. The molecular weight excluding hydrogens is 186 g/mol. The van der Waals surface area contributed by atoms with Gasteiger partial charge in [-0.25, -0.2) is 4.98 Å². The molecule has 0 N–H and O–H groups in total. The topological polar surface area (TPSA) is 30.7 Å². The second-order valence-electron chi connectivity index (χ2n) is 3.23. The van der Waals surface area contributed by atoms with E-state index in [1.165, 1.54) is 0 Å². The molecule has 3 nitrogen and oxygen atoms in total. The van der Waals surface area contributed by atoms with Crippen LogP contribution in [0.1, 0.15) is 11.1 Å². The van der Waals surface area contributed by atoms with Gasteiger partial charge in [0, 0.05) is 30.4 Å². The molecular formula is C12H11N3. The van der Waals surface area contributed by atoms with E-state index in [2.05, 4.69) is 21.8 Å². The molecule has 0 saturated heterocycles. The van der Waals surface area contributed by atoms with E-state index in [9.17, 15) is 0 Å². The average molecular weight is 197 g/mol. The minimum Gasteiger partial charge on any atom is -0.326 e. The smallest absolute Gasteiger partial charge is 0.0954 e. The Labute approximate surface area is 88.8 Å². The highest BCUT2D eigenvalue weighted by atomic mass is 15.0. The van der Waals surface area contributed by atoms with Crippen molar-refractivity contribution in [3.05, 3.63) is 48.3 Å². The predicted molar refractivity (Wildman–Crippen MR) is 58.1 cm³/mol. The fourth-order valence-corrected chi connectivity index (χ4v) is 1.20. The van der Waals surface area contributed by atoms with E-state index in [4.69, 9.17) is 0 Å². The Morgan fingerprint density at radius 1 is 1.33 bits per heavy atom. The number of imidazole rings is 1. The maximum Gasteiger partial charge on any atom is 0.0954 e. The zero-order chi connectivity index (χ0) is 10.5. The van der Waals surface area contributed by atoms with Gasteiger partial charge in [0.05, 0.1) is 12.9 Å². The molecule has 0 radical (unpaired) electrons. The van der Waals surface area contributed by atoms with Gasteiger partial charge in [0.1, 0.15) is 0 Å². The molecule has 15 heavy (non-hydrogen) atoms. The second kappa shape index (κ2) is 4.43. The maximum absolute atomic E-state index is 4.04. The molecule has 0 bridgehead atoms. The van der Waals surface area contributed by atoms with Gasteiger partial charge in [0.25, 0.3) is 0 Å². The van der Waals surface area contributed by atoms with E-state index in [1.807, 2.05) is 23.8 Å². The first-order chi connectivity index (χ1) is 7.36. The number of aromatic nitrogens is 3. The average Bonchev–Trinajstić information content (AvgIpc) is 2.74. The van der Waals surface area contributed by atoms with Crippen LogP contribution in [0.5, 0.6) is 0 Å². The molecule has 2 heterocycles. The number of aryl methyl sites for hydroxylation is 1. The first-order valence-electron chi connectivity index (χ1n) is 4.71. The summed E-state index contributed by atoms with van der Waals surface area (Å²) in [5.41, 5.74) is 2.14. The number of hydrogen-bond acceptors (Lipinski definition) is 2. The Bertz CT molecular complexity index is 489. The van der Waals surface area contributed by atoms with Crippen molar-refractivity contribution in [2.24, 2.45) is 0 Å². The third-order valence-electron chi connectivity index (χ3n) is 2.08. The molecule has 0 aromatic carbocycles. The van der Waals surface area contributed by atoms with Gasteiger partial charge < -0.3 is 4.57 Å². The third kappa shape index (κ3) is 2.44. The van der Waals surface area contributed by atoms with Crippen molar-refractivity contribution < 1.29 is 0 Å². The van der Waals surface area contributed by atoms with Crippen LogP contribution in [0.2, 0.25) is 0 Å². The van der Waals surface area contributed by atoms with Crippen LogP contribution in [-0.2, 0) is 6.54 Å². The van der Waals surface area contributed by atoms with Crippen molar-refractivity contribution in [2.75, 3.05) is 0 Å². The fourth-order valence-electron chi connectivity index (χ4n) is 1.20. The first-order valence-corrected chi connectivity index (χ1v) is 4.71. The van der Waals surface area contributed by atoms with Gasteiger partial charge in [-0.1, -0.05) is 11.8 Å². The summed E-state index contributed by atoms with van der Waals surface area (Å²) in [5, 5.41) is 0. The lowest BCUT2D eigenvalue weighted by Gasteiger charge is -1.94. The molecule has 0 aliphatic heterocycles. The van der Waals surface area contributed by atoms with Gasteiger partial charge in [-0.15, -0.1) is 0 Å². The summed E-state index contributed by atoms with van der Waals surface area (Å²) in [5.74, 6) is 6.17. The Hall–Kier alpha value is -2.08. The zero-order valence-electron chi connectivity index (χ0n) is 8.51. The van der Waals surface area contributed by atoms with Gasteiger partial charge in [0.15, 0.2) is 0 Å². The van der Waals surface area contributed by atoms with Gasteiger partial charge in [-0.05, 0) is 18.6 Å². The van der Waals surface area contributed by atoms with Crippen molar-refractivity contribution in [1.82, 2.24) is 14.5 Å². The molecule has 0 unspecified atom stereocenters. The molecule has 2 aromatic rings. The van der Waals surface area contributed by atoms with Gasteiger partial charge in [-0.2, -0.15) is 0 Å². The summed E-state index contributed by atoms with van der Waals surface area (Å²) in [6, 6.07) is 1.96. The van der Waals surface area contributed by atoms with Crippen LogP contribution in [-0.4, -0.2) is 14.5 Å². The highest BCUT2D eigenvalue weighted by Crippen LogP contribution is 2.01. The SMILES string of the molecule is Cc1ccncc1C#CCn1ccnc1. The summed E-state index contributed by atoms with van der Waals surface area (Å²) in [6.07, 6.45) is 8.96. The zero-order valence-corrected chi connectivity index (χ0v) is 8.51. The van der Waals surface area contributed by atoms with Crippen LogP contribution < -0.4 is 0 Å². The second-order valence-corrected chi connectivity index (χ2v) is 3.23. The fraction of sp³-hybridized carbons (Fsp3) is 0.167. The highest BCUT2D eigenvalue weighted by Gasteiger charge is 1.91. The minimum atomic E-state index is 0.661. The normalized spacial score (nSPS) is 9.40. The third-order valence-corrected chi connectivity index (χ3v) is 2.08. The Balaban J connectivity index is 2.09. The van der Waals surface area contributed by atoms with Gasteiger partial charge in [0.2, 0.25) is 0 Å². The predicted octanol–water partition coefficient (Wildman–Crippen LogP) is 1.64. The van der Waals surface area contributed by atoms with Crippen LogP contribution >= 0.6 is 0 Å². The summed E-state index contributed by atoms with van der Waals surface area (Å²) in [4.78, 5) is 7.99. The summed E-state index contributed by atoms with van der Waals surface area (Å²) < 4.78 is 1.93. The first kappa shape index (κ1) is 9.47. The largest absolute Gasteiger partial charge is 0.326 e. The van der Waals surface area contributed by atoms with E-state index in [0.29, 0.717) is 6.54 Å². The molecule has 0 saturated carbocycles. The van der Waals surface area contributed by atoms with Crippen LogP contribution in [0.3, 0.4) is 0 Å².